The molecule has 1 aromatic carbocycles. The second kappa shape index (κ2) is 12.8. The van der Waals surface area contributed by atoms with Crippen LogP contribution in [0.25, 0.3) is 0 Å². The molecule has 7 N–H and O–H groups in total. The zero-order chi connectivity index (χ0) is 37.5. The number of fused-ring (bicyclic) bond motifs is 5. The molecule has 1 heterocycles. The number of aliphatic hydroxyl groups is 6. The number of ether oxygens (including phenoxy) is 3. The highest BCUT2D eigenvalue weighted by molar-refractivity contribution is 5.94. The van der Waals surface area contributed by atoms with Gasteiger partial charge < -0.3 is 50.0 Å². The number of phenolic OH excluding ortho intramolecular Hbond substituents is 1. The van der Waals surface area contributed by atoms with Crippen LogP contribution in [0.4, 0.5) is 0 Å². The normalized spacial score (nSPS) is 39.5. The van der Waals surface area contributed by atoms with E-state index in [2.05, 4.69) is 0 Å². The van der Waals surface area contributed by atoms with Crippen molar-refractivity contribution in [1.82, 2.24) is 0 Å². The number of hydrogen-bond acceptors (Lipinski definition) is 13. The third-order valence-electron chi connectivity index (χ3n) is 13.1. The first-order valence-electron chi connectivity index (χ1n) is 17.5. The van der Waals surface area contributed by atoms with Gasteiger partial charge in [-0.05, 0) is 99.8 Å². The third-order valence-corrected chi connectivity index (χ3v) is 13.1. The Morgan fingerprint density at radius 2 is 1.68 bits per heavy atom. The Kier molecular flexibility index (Phi) is 9.86. The van der Waals surface area contributed by atoms with Crippen molar-refractivity contribution in [3.8, 4) is 11.5 Å². The van der Waals surface area contributed by atoms with Gasteiger partial charge in [-0.25, -0.2) is 0 Å². The van der Waals surface area contributed by atoms with Crippen LogP contribution in [0.5, 0.6) is 11.5 Å². The van der Waals surface area contributed by atoms with E-state index in [1.54, 1.807) is 26.8 Å². The summed E-state index contributed by atoms with van der Waals surface area (Å²) in [6.07, 6.45) is -7.67. The smallest absolute Gasteiger partial charge is 0.303 e. The summed E-state index contributed by atoms with van der Waals surface area (Å²) < 4.78 is 16.8. The molecule has 5 rings (SSSR count). The standard InChI is InChI=1S/C37H54O13/c1-17-19-9-10-24-34(5)14-21(40)31(37(8,47)25(41)11-12-33(3,4)50-18(2)39)35(34,6)15-26(42)36(24,7)20(19)13-22(27(17)43)48-32-30(46)29(45)28(44)23(16-38)49-32/h13,21,23-24,28-32,38,40,43-47H,9-12,14-16H2,1-8H3/t21-,23-,24+,28-,29+,30-,31?,32?,34+,35-,36+,37?/m1/s1. The molecule has 0 bridgehead atoms. The third kappa shape index (κ3) is 5.77. The first-order chi connectivity index (χ1) is 23.0. The lowest BCUT2D eigenvalue weighted by molar-refractivity contribution is -0.277. The van der Waals surface area contributed by atoms with Crippen LogP contribution in [-0.2, 0) is 35.7 Å². The van der Waals surface area contributed by atoms with Crippen LogP contribution in [0, 0.1) is 29.6 Å². The first-order valence-corrected chi connectivity index (χ1v) is 17.5. The summed E-state index contributed by atoms with van der Waals surface area (Å²) >= 11 is 0. The van der Waals surface area contributed by atoms with Crippen LogP contribution < -0.4 is 4.74 Å². The van der Waals surface area contributed by atoms with Crippen LogP contribution >= 0.6 is 0 Å². The van der Waals surface area contributed by atoms with Crippen molar-refractivity contribution in [1.29, 1.82) is 0 Å². The monoisotopic (exact) mass is 706 g/mol. The molecule has 1 aromatic rings. The molecular weight excluding hydrogens is 652 g/mol. The number of carbonyl (C=O) groups excluding carboxylic acids is 3. The first kappa shape index (κ1) is 38.6. The fourth-order valence-electron chi connectivity index (χ4n) is 10.3. The Bertz CT molecular complexity index is 1540. The highest BCUT2D eigenvalue weighted by Crippen LogP contribution is 2.72. The van der Waals surface area contributed by atoms with Gasteiger partial charge in [0.2, 0.25) is 6.29 Å². The summed E-state index contributed by atoms with van der Waals surface area (Å²) in [5.41, 5.74) is -3.97. The number of benzene rings is 1. The quantitative estimate of drug-likeness (QED) is 0.181. The lowest BCUT2D eigenvalue weighted by Crippen LogP contribution is -2.63. The molecule has 3 aliphatic carbocycles. The van der Waals surface area contributed by atoms with Crippen molar-refractivity contribution < 1.29 is 64.3 Å². The summed E-state index contributed by atoms with van der Waals surface area (Å²) in [6.45, 7) is 12.8. The lowest BCUT2D eigenvalue weighted by atomic mass is 9.41. The highest BCUT2D eigenvalue weighted by Gasteiger charge is 2.73. The predicted molar refractivity (Wildman–Crippen MR) is 177 cm³/mol. The number of rotatable bonds is 9. The lowest BCUT2D eigenvalue weighted by Gasteiger charge is -2.61. The Balaban J connectivity index is 1.49. The molecule has 280 valence electrons. The van der Waals surface area contributed by atoms with Crippen LogP contribution in [0.15, 0.2) is 6.07 Å². The second-order valence-corrected chi connectivity index (χ2v) is 16.6. The number of phenols is 1. The minimum Gasteiger partial charge on any atom is -0.504 e. The van der Waals surface area contributed by atoms with E-state index in [4.69, 9.17) is 14.2 Å². The van der Waals surface area contributed by atoms with E-state index >= 15 is 0 Å². The fraction of sp³-hybridized carbons (Fsp3) is 0.757. The average Bonchev–Trinajstić information content (AvgIpc) is 3.22. The van der Waals surface area contributed by atoms with Crippen LogP contribution in [0.3, 0.4) is 0 Å². The second-order valence-electron chi connectivity index (χ2n) is 16.6. The summed E-state index contributed by atoms with van der Waals surface area (Å²) in [6, 6.07) is 1.54. The molecule has 1 aliphatic heterocycles. The Hall–Kier alpha value is -2.65. The Labute approximate surface area is 292 Å². The summed E-state index contributed by atoms with van der Waals surface area (Å²) in [5.74, 6) is -2.84. The van der Waals surface area contributed by atoms with Gasteiger partial charge in [0.25, 0.3) is 0 Å². The van der Waals surface area contributed by atoms with Crippen molar-refractivity contribution in [2.24, 2.45) is 22.7 Å². The van der Waals surface area contributed by atoms with E-state index in [1.807, 2.05) is 20.8 Å². The molecule has 13 heteroatoms. The van der Waals surface area contributed by atoms with Gasteiger partial charge in [-0.15, -0.1) is 0 Å². The van der Waals surface area contributed by atoms with E-state index < -0.39 is 88.5 Å². The largest absolute Gasteiger partial charge is 0.504 e. The van der Waals surface area contributed by atoms with Gasteiger partial charge in [0.15, 0.2) is 17.3 Å². The maximum atomic E-state index is 14.7. The molecule has 50 heavy (non-hydrogen) atoms. The molecule has 3 unspecified atom stereocenters. The van der Waals surface area contributed by atoms with Gasteiger partial charge in [0, 0.05) is 25.7 Å². The molecule has 0 spiro atoms. The molecule has 0 amide bonds. The average molecular weight is 707 g/mol. The van der Waals surface area contributed by atoms with E-state index in [-0.39, 0.29) is 48.9 Å². The molecule has 1 saturated heterocycles. The summed E-state index contributed by atoms with van der Waals surface area (Å²) in [4.78, 5) is 39.9. The molecule has 12 atom stereocenters. The number of hydrogen-bond donors (Lipinski definition) is 7. The van der Waals surface area contributed by atoms with Crippen LogP contribution in [0.1, 0.15) is 97.3 Å². The van der Waals surface area contributed by atoms with Crippen molar-refractivity contribution in [3.63, 3.8) is 0 Å². The minimum absolute atomic E-state index is 0.0527. The molecule has 2 saturated carbocycles. The van der Waals surface area contributed by atoms with Gasteiger partial charge in [-0.3, -0.25) is 14.4 Å². The van der Waals surface area contributed by atoms with Crippen molar-refractivity contribution in [2.45, 2.75) is 147 Å². The number of esters is 1. The Morgan fingerprint density at radius 3 is 2.28 bits per heavy atom. The van der Waals surface area contributed by atoms with Gasteiger partial charge in [-0.1, -0.05) is 13.8 Å². The molecule has 3 fully saturated rings. The van der Waals surface area contributed by atoms with Gasteiger partial charge in [0.05, 0.1) is 18.1 Å². The maximum Gasteiger partial charge on any atom is 0.303 e. The minimum atomic E-state index is -1.99. The number of ketones is 2. The van der Waals surface area contributed by atoms with Gasteiger partial charge in [-0.2, -0.15) is 0 Å². The SMILES string of the molecule is CC(=O)OC(C)(C)CCC(=O)C(C)(O)C1[C@H](O)C[C@@]2(C)[C@@H]3CCc4c(cc(OC5O[C@H](CO)[C@@H](O)[C@H](O)[C@H]5O)c(O)c4C)[C@]3(C)C(=O)C[C@]12C. The number of carbonyl (C=O) groups is 3. The topological polar surface area (TPSA) is 221 Å². The fourth-order valence-corrected chi connectivity index (χ4v) is 10.3. The molecular formula is C37H54O13. The number of Topliss-reactive ketones (excluding diaryl/α,β-unsaturated/α-hetero) is 2. The summed E-state index contributed by atoms with van der Waals surface area (Å²) in [5, 5.41) is 75.7. The molecule has 13 nitrogen and oxygen atoms in total. The highest BCUT2D eigenvalue weighted by atomic mass is 16.7. The maximum absolute atomic E-state index is 14.7. The van der Waals surface area contributed by atoms with E-state index in [1.165, 1.54) is 13.8 Å². The van der Waals surface area contributed by atoms with Gasteiger partial charge in [0.1, 0.15) is 41.4 Å². The molecule has 4 aliphatic rings. The van der Waals surface area contributed by atoms with Crippen LogP contribution in [-0.4, -0.2) is 108 Å². The predicted octanol–water partition coefficient (Wildman–Crippen LogP) is 1.51. The van der Waals surface area contributed by atoms with Crippen molar-refractivity contribution in [3.05, 3.63) is 22.8 Å². The number of aromatic hydroxyl groups is 1. The van der Waals surface area contributed by atoms with Crippen molar-refractivity contribution in [2.75, 3.05) is 6.61 Å². The summed E-state index contributed by atoms with van der Waals surface area (Å²) in [7, 11) is 0. The van der Waals surface area contributed by atoms with Gasteiger partial charge >= 0.3 is 5.97 Å². The Morgan fingerprint density at radius 1 is 1.04 bits per heavy atom. The molecule has 0 aromatic heterocycles. The number of aliphatic hydroxyl groups excluding tert-OH is 5. The van der Waals surface area contributed by atoms with E-state index in [0.29, 0.717) is 24.0 Å². The van der Waals surface area contributed by atoms with E-state index in [9.17, 15) is 50.1 Å². The van der Waals surface area contributed by atoms with Crippen molar-refractivity contribution >= 4 is 17.5 Å². The zero-order valence-electron chi connectivity index (χ0n) is 30.2. The zero-order valence-corrected chi connectivity index (χ0v) is 30.2. The van der Waals surface area contributed by atoms with Crippen LogP contribution in [0.2, 0.25) is 0 Å². The van der Waals surface area contributed by atoms with E-state index in [0.717, 1.165) is 5.56 Å². The molecule has 0 radical (unpaired) electrons.